The number of amides is 4. The Morgan fingerprint density at radius 2 is 1.49 bits per heavy atom. The number of benzene rings is 4. The van der Waals surface area contributed by atoms with E-state index in [0.717, 1.165) is 45.5 Å². The maximum atomic E-state index is 14.3. The summed E-state index contributed by atoms with van der Waals surface area (Å²) < 4.78 is 12.4. The van der Waals surface area contributed by atoms with Crippen LogP contribution in [-0.4, -0.2) is 44.1 Å². The minimum absolute atomic E-state index is 0.0844. The molecule has 0 aromatic heterocycles. The first kappa shape index (κ1) is 32.6. The Bertz CT molecular complexity index is 1900. The molecule has 0 radical (unpaired) electrons. The van der Waals surface area contributed by atoms with Crippen LogP contribution in [0.15, 0.2) is 103 Å². The molecule has 248 valence electrons. The Hall–Kier alpha value is -4.90. The van der Waals surface area contributed by atoms with Crippen LogP contribution < -0.4 is 24.6 Å². The second-order valence-corrected chi connectivity index (χ2v) is 13.4. The first-order valence-electron chi connectivity index (χ1n) is 16.5. The van der Waals surface area contributed by atoms with E-state index < -0.39 is 17.8 Å². The first-order chi connectivity index (χ1) is 23.9. The third-order valence-electron chi connectivity index (χ3n) is 9.35. The smallest absolute Gasteiger partial charge is 0.335 e. The molecule has 4 amide bonds. The molecule has 0 spiro atoms. The summed E-state index contributed by atoms with van der Waals surface area (Å²) in [4.78, 5) is 44.7. The fraction of sp³-hybridized carbons (Fsp3) is 0.225. The van der Waals surface area contributed by atoms with Crippen molar-refractivity contribution in [2.75, 3.05) is 36.1 Å². The molecule has 1 saturated heterocycles. The van der Waals surface area contributed by atoms with Crippen molar-refractivity contribution in [2.45, 2.75) is 31.6 Å². The van der Waals surface area contributed by atoms with Crippen molar-refractivity contribution in [2.24, 2.45) is 0 Å². The monoisotopic (exact) mass is 765 g/mol. The van der Waals surface area contributed by atoms with Crippen molar-refractivity contribution in [3.8, 4) is 11.5 Å². The van der Waals surface area contributed by atoms with Crippen LogP contribution in [0.1, 0.15) is 59.4 Å². The molecule has 9 heteroatoms. The van der Waals surface area contributed by atoms with E-state index in [9.17, 15) is 14.4 Å². The lowest BCUT2D eigenvalue weighted by atomic mass is 9.76. The van der Waals surface area contributed by atoms with Gasteiger partial charge in [0.05, 0.1) is 15.9 Å². The fourth-order valence-electron chi connectivity index (χ4n) is 7.24. The van der Waals surface area contributed by atoms with Gasteiger partial charge < -0.3 is 14.4 Å². The number of rotatable bonds is 9. The molecule has 4 aromatic carbocycles. The maximum Gasteiger partial charge on any atom is 0.335 e. The van der Waals surface area contributed by atoms with Crippen molar-refractivity contribution in [3.63, 3.8) is 0 Å². The molecule has 7 rings (SSSR count). The van der Waals surface area contributed by atoms with Gasteiger partial charge in [-0.15, -0.1) is 0 Å². The van der Waals surface area contributed by atoms with Gasteiger partial charge in [0.2, 0.25) is 0 Å². The average molecular weight is 766 g/mol. The number of hydrogen-bond donors (Lipinski definition) is 1. The predicted octanol–water partition coefficient (Wildman–Crippen LogP) is 7.80. The van der Waals surface area contributed by atoms with Crippen LogP contribution in [0.2, 0.25) is 0 Å². The van der Waals surface area contributed by atoms with Crippen LogP contribution in [-0.2, 0) is 9.59 Å². The van der Waals surface area contributed by atoms with Gasteiger partial charge in [0.1, 0.15) is 12.2 Å². The molecule has 1 N–H and O–H groups in total. The summed E-state index contributed by atoms with van der Waals surface area (Å²) in [5, 5.41) is 2.43. The zero-order valence-corrected chi connectivity index (χ0v) is 29.3. The molecule has 0 aliphatic carbocycles. The third kappa shape index (κ3) is 6.23. The summed E-state index contributed by atoms with van der Waals surface area (Å²) in [7, 11) is 0. The second kappa shape index (κ2) is 13.9. The molecular weight excluding hydrogens is 729 g/mol. The number of nitrogens with zero attached hydrogens (tertiary/aromatic N) is 2. The van der Waals surface area contributed by atoms with Gasteiger partial charge in [-0.2, -0.15) is 0 Å². The topological polar surface area (TPSA) is 88.2 Å². The lowest BCUT2D eigenvalue weighted by molar-refractivity contribution is -0.122. The van der Waals surface area contributed by atoms with Crippen molar-refractivity contribution in [3.05, 3.63) is 135 Å². The van der Waals surface area contributed by atoms with Crippen LogP contribution in [0, 0.1) is 3.57 Å². The van der Waals surface area contributed by atoms with E-state index in [-0.39, 0.29) is 17.4 Å². The van der Waals surface area contributed by atoms with Gasteiger partial charge in [-0.25, -0.2) is 9.69 Å². The Morgan fingerprint density at radius 1 is 0.878 bits per heavy atom. The van der Waals surface area contributed by atoms with Gasteiger partial charge in [-0.3, -0.25) is 14.9 Å². The molecule has 0 unspecified atom stereocenters. The summed E-state index contributed by atoms with van der Waals surface area (Å²) >= 11 is 2.14. The van der Waals surface area contributed by atoms with Gasteiger partial charge in [0.15, 0.2) is 11.5 Å². The first-order valence-corrected chi connectivity index (χ1v) is 17.6. The number of halogens is 1. The minimum atomic E-state index is -0.770. The number of barbiturate groups is 1. The summed E-state index contributed by atoms with van der Waals surface area (Å²) in [5.41, 5.74) is 6.58. The summed E-state index contributed by atoms with van der Waals surface area (Å²) in [5.74, 6) is -0.226. The van der Waals surface area contributed by atoms with E-state index >= 15 is 0 Å². The summed E-state index contributed by atoms with van der Waals surface area (Å²) in [6.45, 7) is 8.12. The molecule has 3 aliphatic rings. The highest BCUT2D eigenvalue weighted by Gasteiger charge is 2.40. The highest BCUT2D eigenvalue weighted by atomic mass is 127. The van der Waals surface area contributed by atoms with Crippen molar-refractivity contribution >= 4 is 57.9 Å². The number of ether oxygens (including phenoxy) is 2. The van der Waals surface area contributed by atoms with Crippen LogP contribution in [0.25, 0.3) is 6.08 Å². The lowest BCUT2D eigenvalue weighted by Crippen LogP contribution is -2.54. The Morgan fingerprint density at radius 3 is 2.06 bits per heavy atom. The minimum Gasteiger partial charge on any atom is -0.490 e. The molecule has 49 heavy (non-hydrogen) atoms. The molecule has 1 fully saturated rings. The van der Waals surface area contributed by atoms with Crippen LogP contribution in [0.5, 0.6) is 11.5 Å². The van der Waals surface area contributed by atoms with Gasteiger partial charge in [0.25, 0.3) is 11.8 Å². The molecule has 0 saturated carbocycles. The number of hydrogen-bond acceptors (Lipinski definition) is 6. The molecule has 3 heterocycles. The summed E-state index contributed by atoms with van der Waals surface area (Å²) in [6.07, 6.45) is 4.97. The van der Waals surface area contributed by atoms with Gasteiger partial charge in [0, 0.05) is 30.6 Å². The van der Waals surface area contributed by atoms with Crippen molar-refractivity contribution < 1.29 is 23.9 Å². The van der Waals surface area contributed by atoms with Gasteiger partial charge >= 0.3 is 6.03 Å². The zero-order valence-electron chi connectivity index (χ0n) is 27.2. The molecular formula is C40H36IN3O5. The summed E-state index contributed by atoms with van der Waals surface area (Å²) in [6, 6.07) is 27.5. The van der Waals surface area contributed by atoms with E-state index in [1.165, 1.54) is 22.9 Å². The quantitative estimate of drug-likeness (QED) is 0.0811. The van der Waals surface area contributed by atoms with E-state index in [2.05, 4.69) is 63.7 Å². The number of anilines is 2. The zero-order chi connectivity index (χ0) is 34.1. The fourth-order valence-corrected chi connectivity index (χ4v) is 8.02. The van der Waals surface area contributed by atoms with Crippen molar-refractivity contribution in [1.29, 1.82) is 0 Å². The van der Waals surface area contributed by atoms with Crippen LogP contribution >= 0.6 is 22.6 Å². The Kier molecular flexibility index (Phi) is 9.27. The Labute approximate surface area is 299 Å². The van der Waals surface area contributed by atoms with Crippen molar-refractivity contribution in [1.82, 2.24) is 5.32 Å². The lowest BCUT2D eigenvalue weighted by Gasteiger charge is -2.44. The maximum absolute atomic E-state index is 14.3. The highest BCUT2D eigenvalue weighted by Crippen LogP contribution is 2.50. The molecule has 8 nitrogen and oxygen atoms in total. The van der Waals surface area contributed by atoms with E-state index in [1.807, 2.05) is 61.5 Å². The highest BCUT2D eigenvalue weighted by molar-refractivity contribution is 14.1. The number of carbonyl (C=O) groups is 3. The SMILES string of the molecule is C=CCOc1c(I)cc(/C=C2\C(=O)NC(=O)N(c3cc4c5c(c3)[C@H](c3ccccc3)CCN5CC[C@H]4c3ccccc3)C2=O)cc1OCC. The third-order valence-corrected chi connectivity index (χ3v) is 10.1. The molecule has 2 atom stereocenters. The number of nitrogens with one attached hydrogen (secondary N) is 1. The average Bonchev–Trinajstić information content (AvgIpc) is 3.11. The largest absolute Gasteiger partial charge is 0.490 e. The Balaban J connectivity index is 1.35. The standard InChI is InChI=1S/C40H36IN3O5/c1-3-19-49-37-34(41)21-25(22-35(37)48-4-2)20-33-38(45)42-40(47)44(39(33)46)28-23-31-29(26-11-7-5-8-12-26)15-17-43-18-16-30(32(24-28)36(31)43)27-13-9-6-10-14-27/h3,5-14,20-24,29-30H,1,4,15-19H2,2H3,(H,42,45,47)/b33-20+/t29-,30-/m0/s1. The normalized spacial score (nSPS) is 19.4. The molecule has 4 aromatic rings. The second-order valence-electron chi connectivity index (χ2n) is 12.3. The van der Waals surface area contributed by atoms with Crippen LogP contribution in [0.4, 0.5) is 16.2 Å². The number of urea groups is 1. The van der Waals surface area contributed by atoms with Gasteiger partial charge in [-0.1, -0.05) is 73.3 Å². The molecule has 0 bridgehead atoms. The molecule has 3 aliphatic heterocycles. The van der Waals surface area contributed by atoms with E-state index in [4.69, 9.17) is 9.47 Å². The van der Waals surface area contributed by atoms with E-state index in [1.54, 1.807) is 12.1 Å². The van der Waals surface area contributed by atoms with Gasteiger partial charge in [-0.05, 0) is 101 Å². The predicted molar refractivity (Wildman–Crippen MR) is 199 cm³/mol. The van der Waals surface area contributed by atoms with E-state index in [0.29, 0.717) is 36.0 Å². The number of carbonyl (C=O) groups excluding carboxylic acids is 3. The number of imide groups is 2. The van der Waals surface area contributed by atoms with Crippen LogP contribution in [0.3, 0.4) is 0 Å².